The molecule has 0 spiro atoms. The Kier molecular flexibility index (Phi) is 6.80. The van der Waals surface area contributed by atoms with E-state index >= 15 is 0 Å². The molecular weight excluding hydrogens is 440 g/mol. The van der Waals surface area contributed by atoms with Gasteiger partial charge in [0, 0.05) is 31.3 Å². The second-order valence-corrected chi connectivity index (χ2v) is 11.9. The lowest BCUT2D eigenvalue weighted by atomic mass is 9.48. The van der Waals surface area contributed by atoms with E-state index in [9.17, 15) is 18.7 Å². The number of nitrogens with zero attached hydrogens (tertiary/aromatic N) is 1. The largest absolute Gasteiger partial charge is 0.494 e. The van der Waals surface area contributed by atoms with Gasteiger partial charge in [0.2, 0.25) is 11.3 Å². The third-order valence-electron chi connectivity index (χ3n) is 8.72. The number of carbonyl (C=O) groups excluding carboxylic acids is 1. The maximum Gasteiger partial charge on any atom is 0.251 e. The van der Waals surface area contributed by atoms with Crippen molar-refractivity contribution in [3.05, 3.63) is 29.8 Å². The third-order valence-corrected chi connectivity index (χ3v) is 9.53. The van der Waals surface area contributed by atoms with E-state index in [2.05, 4.69) is 5.32 Å². The predicted octanol–water partition coefficient (Wildman–Crippen LogP) is 3.22. The summed E-state index contributed by atoms with van der Waals surface area (Å²) in [4.78, 5) is 13.1. The van der Waals surface area contributed by atoms with Crippen LogP contribution in [0.4, 0.5) is 0 Å². The molecule has 1 aliphatic heterocycles. The Labute approximate surface area is 198 Å². The second kappa shape index (κ2) is 9.64. The fourth-order valence-corrected chi connectivity index (χ4v) is 7.80. The molecule has 4 saturated carbocycles. The van der Waals surface area contributed by atoms with E-state index in [1.54, 1.807) is 4.31 Å². The van der Waals surface area contributed by atoms with Crippen LogP contribution in [0.2, 0.25) is 0 Å². The van der Waals surface area contributed by atoms with Crippen molar-refractivity contribution in [2.45, 2.75) is 57.4 Å². The molecule has 3 unspecified atom stereocenters. The van der Waals surface area contributed by atoms with Crippen molar-refractivity contribution < 1.29 is 23.4 Å². The molecule has 1 amide bonds. The van der Waals surface area contributed by atoms with Crippen molar-refractivity contribution in [3.63, 3.8) is 0 Å². The first-order chi connectivity index (χ1) is 15.9. The maximum atomic E-state index is 13.1. The molecule has 0 radical (unpaired) electrons. The van der Waals surface area contributed by atoms with E-state index in [-0.39, 0.29) is 24.0 Å². The van der Waals surface area contributed by atoms with E-state index in [1.165, 1.54) is 12.8 Å². The lowest BCUT2D eigenvalue weighted by Crippen LogP contribution is -2.60. The number of benzene rings is 1. The van der Waals surface area contributed by atoms with Gasteiger partial charge >= 0.3 is 0 Å². The summed E-state index contributed by atoms with van der Waals surface area (Å²) in [7, 11) is 0. The van der Waals surface area contributed by atoms with Crippen LogP contribution >= 0.6 is 0 Å². The zero-order valence-corrected chi connectivity index (χ0v) is 20.0. The summed E-state index contributed by atoms with van der Waals surface area (Å²) in [6.45, 7) is 2.16. The Bertz CT molecular complexity index is 871. The van der Waals surface area contributed by atoms with Gasteiger partial charge in [0.05, 0.1) is 6.61 Å². The number of ether oxygens (including phenoxy) is 1. The van der Waals surface area contributed by atoms with Crippen molar-refractivity contribution in [2.75, 3.05) is 26.3 Å². The molecule has 5 fully saturated rings. The molecule has 1 heterocycles. The highest BCUT2D eigenvalue weighted by atomic mass is 32.2. The number of hydrogen-bond acceptors (Lipinski definition) is 4. The molecule has 3 N–H and O–H groups in total. The van der Waals surface area contributed by atoms with Crippen molar-refractivity contribution in [1.29, 1.82) is 0 Å². The zero-order chi connectivity index (χ0) is 23.0. The summed E-state index contributed by atoms with van der Waals surface area (Å²) in [6.07, 6.45) is 8.31. The Morgan fingerprint density at radius 2 is 1.91 bits per heavy atom. The SMILES string of the molecule is O=C(NC1C2CC3CC1CC(CO)(C3)C2)c1cccc(OCCC2CCN(S(=O)O)CC2)c1. The fourth-order valence-electron chi connectivity index (χ4n) is 7.28. The van der Waals surface area contributed by atoms with Crippen LogP contribution in [0.5, 0.6) is 5.75 Å². The number of hydrogen-bond donors (Lipinski definition) is 3. The van der Waals surface area contributed by atoms with Crippen LogP contribution in [0.1, 0.15) is 61.7 Å². The lowest BCUT2D eigenvalue weighted by Gasteiger charge is -2.59. The molecule has 4 aliphatic carbocycles. The van der Waals surface area contributed by atoms with Gasteiger partial charge in [-0.05, 0) is 98.7 Å². The number of amides is 1. The van der Waals surface area contributed by atoms with Crippen LogP contribution in [-0.2, 0) is 11.3 Å². The van der Waals surface area contributed by atoms with E-state index in [1.807, 2.05) is 24.3 Å². The minimum absolute atomic E-state index is 0.0275. The van der Waals surface area contributed by atoms with E-state index in [0.29, 0.717) is 48.8 Å². The second-order valence-electron chi connectivity index (χ2n) is 10.9. The first-order valence-corrected chi connectivity index (χ1v) is 13.5. The standard InChI is InChI=1S/C25H36N2O5S/c28-16-25-13-18-10-20(14-25)23(21(11-18)15-25)26-24(29)19-2-1-3-22(12-19)32-9-6-17-4-7-27(8-5-17)33(30)31/h1-3,12,17-18,20-21,23,28H,4-11,13-16H2,(H,26,29)(H,30,31). The average molecular weight is 477 g/mol. The molecule has 5 aliphatic rings. The third kappa shape index (κ3) is 4.99. The Balaban J connectivity index is 1.12. The van der Waals surface area contributed by atoms with Crippen molar-refractivity contribution in [2.24, 2.45) is 29.1 Å². The number of aliphatic hydroxyl groups excluding tert-OH is 1. The molecule has 1 aromatic rings. The molecule has 33 heavy (non-hydrogen) atoms. The highest BCUT2D eigenvalue weighted by molar-refractivity contribution is 7.76. The Morgan fingerprint density at radius 3 is 2.58 bits per heavy atom. The summed E-state index contributed by atoms with van der Waals surface area (Å²) in [5, 5.41) is 13.3. The maximum absolute atomic E-state index is 13.1. The van der Waals surface area contributed by atoms with Gasteiger partial charge in [0.1, 0.15) is 5.75 Å². The van der Waals surface area contributed by atoms with Gasteiger partial charge in [-0.15, -0.1) is 0 Å². The molecule has 1 aromatic carbocycles. The van der Waals surface area contributed by atoms with Crippen molar-refractivity contribution in [1.82, 2.24) is 9.62 Å². The van der Waals surface area contributed by atoms with Crippen LogP contribution in [0.3, 0.4) is 0 Å². The Hall–Kier alpha value is -1.48. The number of aliphatic hydroxyl groups is 1. The first kappa shape index (κ1) is 23.3. The molecular formula is C25H36N2O5S. The average Bonchev–Trinajstić information content (AvgIpc) is 2.81. The molecule has 182 valence electrons. The van der Waals surface area contributed by atoms with Crippen molar-refractivity contribution >= 4 is 17.2 Å². The number of carbonyl (C=O) groups is 1. The van der Waals surface area contributed by atoms with Gasteiger partial charge in [-0.25, -0.2) is 8.51 Å². The predicted molar refractivity (Wildman–Crippen MR) is 126 cm³/mol. The normalized spacial score (nSPS) is 34.8. The summed E-state index contributed by atoms with van der Waals surface area (Å²) < 4.78 is 27.9. The molecule has 0 aromatic heterocycles. The molecule has 1 saturated heterocycles. The molecule has 6 rings (SSSR count). The summed E-state index contributed by atoms with van der Waals surface area (Å²) in [5.74, 6) is 2.87. The lowest BCUT2D eigenvalue weighted by molar-refractivity contribution is -0.0969. The Morgan fingerprint density at radius 1 is 1.18 bits per heavy atom. The molecule has 3 atom stereocenters. The number of rotatable bonds is 8. The smallest absolute Gasteiger partial charge is 0.251 e. The zero-order valence-electron chi connectivity index (χ0n) is 19.2. The molecule has 7 nitrogen and oxygen atoms in total. The topological polar surface area (TPSA) is 99.1 Å². The van der Waals surface area contributed by atoms with Gasteiger partial charge < -0.3 is 15.2 Å². The number of piperidine rings is 1. The molecule has 4 bridgehead atoms. The van der Waals surface area contributed by atoms with Crippen LogP contribution < -0.4 is 10.1 Å². The van der Waals surface area contributed by atoms with Gasteiger partial charge in [0.25, 0.3) is 5.91 Å². The van der Waals surface area contributed by atoms with Crippen LogP contribution in [0, 0.1) is 29.1 Å². The summed E-state index contributed by atoms with van der Waals surface area (Å²) in [5.41, 5.74) is 0.744. The van der Waals surface area contributed by atoms with E-state index in [0.717, 1.165) is 44.4 Å². The highest BCUT2D eigenvalue weighted by Crippen LogP contribution is 2.59. The van der Waals surface area contributed by atoms with Gasteiger partial charge in [-0.1, -0.05) is 6.07 Å². The van der Waals surface area contributed by atoms with E-state index in [4.69, 9.17) is 4.74 Å². The van der Waals surface area contributed by atoms with Crippen LogP contribution in [-0.4, -0.2) is 56.4 Å². The molecule has 8 heteroatoms. The van der Waals surface area contributed by atoms with Gasteiger partial charge in [0.15, 0.2) is 0 Å². The fraction of sp³-hybridized carbons (Fsp3) is 0.720. The monoisotopic (exact) mass is 476 g/mol. The summed E-state index contributed by atoms with van der Waals surface area (Å²) >= 11 is -1.86. The van der Waals surface area contributed by atoms with Crippen LogP contribution in [0.25, 0.3) is 0 Å². The van der Waals surface area contributed by atoms with Gasteiger partial charge in [-0.2, -0.15) is 0 Å². The quantitative estimate of drug-likeness (QED) is 0.501. The summed E-state index contributed by atoms with van der Waals surface area (Å²) in [6, 6.07) is 7.66. The first-order valence-electron chi connectivity index (χ1n) is 12.5. The van der Waals surface area contributed by atoms with Crippen molar-refractivity contribution in [3.8, 4) is 5.75 Å². The van der Waals surface area contributed by atoms with Gasteiger partial charge in [-0.3, -0.25) is 9.35 Å². The minimum Gasteiger partial charge on any atom is -0.494 e. The van der Waals surface area contributed by atoms with Crippen LogP contribution in [0.15, 0.2) is 24.3 Å². The number of nitrogens with one attached hydrogen (secondary N) is 1. The highest BCUT2D eigenvalue weighted by Gasteiger charge is 2.55. The minimum atomic E-state index is -1.86. The van der Waals surface area contributed by atoms with E-state index < -0.39 is 11.3 Å².